The second-order valence-corrected chi connectivity index (χ2v) is 7.43. The molecular formula is C19H16Cl3N3O2. The molecule has 1 aromatic heterocycles. The lowest BCUT2D eigenvalue weighted by Gasteiger charge is -2.30. The zero-order valence-electron chi connectivity index (χ0n) is 14.2. The maximum absolute atomic E-state index is 12.9. The van der Waals surface area contributed by atoms with Crippen molar-refractivity contribution in [2.75, 3.05) is 35.5 Å². The normalized spacial score (nSPS) is 14.6. The molecule has 5 nitrogen and oxygen atoms in total. The first-order valence-electron chi connectivity index (χ1n) is 8.47. The Morgan fingerprint density at radius 2 is 1.89 bits per heavy atom. The number of rotatable bonds is 3. The molecule has 1 N–H and O–H groups in total. The first kappa shape index (κ1) is 18.4. The van der Waals surface area contributed by atoms with Gasteiger partial charge < -0.3 is 14.6 Å². The van der Waals surface area contributed by atoms with E-state index >= 15 is 0 Å². The molecule has 27 heavy (non-hydrogen) atoms. The van der Waals surface area contributed by atoms with Gasteiger partial charge in [-0.15, -0.1) is 0 Å². The molecule has 2 heterocycles. The summed E-state index contributed by atoms with van der Waals surface area (Å²) in [6.45, 7) is 3.46. The predicted octanol–water partition coefficient (Wildman–Crippen LogP) is 4.95. The van der Waals surface area contributed by atoms with Crippen LogP contribution in [0.4, 0.5) is 11.4 Å². The largest absolute Gasteiger partial charge is 0.462 e. The highest BCUT2D eigenvalue weighted by Crippen LogP contribution is 2.35. The van der Waals surface area contributed by atoms with Crippen molar-refractivity contribution in [1.29, 1.82) is 0 Å². The summed E-state index contributed by atoms with van der Waals surface area (Å²) in [6, 6.07) is 10.2. The molecule has 4 rings (SSSR count). The summed E-state index contributed by atoms with van der Waals surface area (Å²) in [5, 5.41) is 4.91. The van der Waals surface area contributed by atoms with Gasteiger partial charge in [0.15, 0.2) is 5.58 Å². The smallest absolute Gasteiger partial charge is 0.274 e. The lowest BCUT2D eigenvalue weighted by Crippen LogP contribution is -2.43. The Kier molecular flexibility index (Phi) is 5.19. The highest BCUT2D eigenvalue weighted by atomic mass is 35.5. The van der Waals surface area contributed by atoms with Crippen LogP contribution in [-0.4, -0.2) is 32.1 Å². The van der Waals surface area contributed by atoms with Crippen molar-refractivity contribution >= 4 is 63.2 Å². The summed E-state index contributed by atoms with van der Waals surface area (Å²) < 4.78 is 6.75. The number of nitrogens with one attached hydrogen (secondary N) is 1. The van der Waals surface area contributed by atoms with Gasteiger partial charge in [-0.3, -0.25) is 4.79 Å². The number of furan rings is 1. The number of fused-ring (bicyclic) bond motifs is 1. The van der Waals surface area contributed by atoms with Gasteiger partial charge in [0, 0.05) is 48.4 Å². The maximum Gasteiger partial charge on any atom is 0.274 e. The van der Waals surface area contributed by atoms with Crippen molar-refractivity contribution in [3.05, 3.63) is 58.3 Å². The number of carbonyl (C=O) groups excluding carboxylic acids is 1. The Hall–Kier alpha value is -1.92. The molecule has 1 aliphatic heterocycles. The van der Waals surface area contributed by atoms with E-state index in [9.17, 15) is 4.79 Å². The molecule has 0 aliphatic carbocycles. The second kappa shape index (κ2) is 7.60. The average molecular weight is 425 g/mol. The Labute approximate surface area is 171 Å². The number of hydrogen-bond acceptors (Lipinski definition) is 4. The lowest BCUT2D eigenvalue weighted by molar-refractivity contribution is 0.101. The fraction of sp³-hybridized carbons (Fsp3) is 0.211. The molecule has 8 heteroatoms. The molecule has 1 amide bonds. The van der Waals surface area contributed by atoms with Gasteiger partial charge in [-0.25, -0.2) is 4.42 Å². The van der Waals surface area contributed by atoms with E-state index in [2.05, 4.69) is 10.2 Å². The van der Waals surface area contributed by atoms with Gasteiger partial charge in [0.25, 0.3) is 5.91 Å². The van der Waals surface area contributed by atoms with Crippen LogP contribution in [0.5, 0.6) is 0 Å². The Morgan fingerprint density at radius 3 is 2.63 bits per heavy atom. The van der Waals surface area contributed by atoms with E-state index in [1.165, 1.54) is 6.07 Å². The second-order valence-electron chi connectivity index (χ2n) is 6.25. The van der Waals surface area contributed by atoms with E-state index in [1.807, 2.05) is 18.2 Å². The molecule has 0 atom stereocenters. The molecule has 1 aliphatic rings. The molecular weight excluding hydrogens is 409 g/mol. The number of anilines is 2. The summed E-state index contributed by atoms with van der Waals surface area (Å²) in [4.78, 5) is 15.1. The monoisotopic (exact) mass is 423 g/mol. The zero-order valence-corrected chi connectivity index (χ0v) is 16.5. The summed E-state index contributed by atoms with van der Waals surface area (Å²) in [6.07, 6.45) is 1.64. The van der Waals surface area contributed by atoms with Crippen molar-refractivity contribution in [1.82, 2.24) is 5.32 Å². The van der Waals surface area contributed by atoms with Crippen LogP contribution in [0, 0.1) is 0 Å². The van der Waals surface area contributed by atoms with E-state index in [-0.39, 0.29) is 10.6 Å². The molecule has 3 aromatic rings. The van der Waals surface area contributed by atoms with E-state index < -0.39 is 5.91 Å². The predicted molar refractivity (Wildman–Crippen MR) is 110 cm³/mol. The fourth-order valence-electron chi connectivity index (χ4n) is 3.19. The van der Waals surface area contributed by atoms with Gasteiger partial charge in [0.2, 0.25) is 0 Å². The van der Waals surface area contributed by atoms with Crippen molar-refractivity contribution in [3.8, 4) is 0 Å². The fourth-order valence-corrected chi connectivity index (χ4v) is 3.87. The molecule has 140 valence electrons. The molecule has 0 unspecified atom stereocenters. The van der Waals surface area contributed by atoms with Crippen LogP contribution >= 0.6 is 35.0 Å². The van der Waals surface area contributed by atoms with Gasteiger partial charge in [0.05, 0.1) is 28.2 Å². The van der Waals surface area contributed by atoms with Crippen molar-refractivity contribution < 1.29 is 9.21 Å². The van der Waals surface area contributed by atoms with Crippen LogP contribution in [0.15, 0.2) is 47.1 Å². The third-order valence-electron chi connectivity index (χ3n) is 4.54. The summed E-state index contributed by atoms with van der Waals surface area (Å²) in [7, 11) is 0. The van der Waals surface area contributed by atoms with Crippen LogP contribution in [0.1, 0.15) is 10.4 Å². The van der Waals surface area contributed by atoms with Crippen LogP contribution in [-0.2, 0) is 0 Å². The van der Waals surface area contributed by atoms with Crippen molar-refractivity contribution in [2.24, 2.45) is 0 Å². The number of piperazine rings is 1. The quantitative estimate of drug-likeness (QED) is 0.604. The molecule has 0 spiro atoms. The molecule has 1 fully saturated rings. The van der Waals surface area contributed by atoms with Crippen LogP contribution in [0.3, 0.4) is 0 Å². The number of carbonyl (C=O) groups is 1. The minimum atomic E-state index is -0.424. The Bertz CT molecular complexity index is 999. The van der Waals surface area contributed by atoms with Gasteiger partial charge in [-0.1, -0.05) is 23.2 Å². The highest BCUT2D eigenvalue weighted by Gasteiger charge is 2.23. The van der Waals surface area contributed by atoms with E-state index in [4.69, 9.17) is 39.4 Å². The van der Waals surface area contributed by atoms with Gasteiger partial charge >= 0.3 is 0 Å². The standard InChI is InChI=1S/C19H16Cl3N3O2/c20-13-1-2-15(16(21)10-13)19(26)25(22)14-9-12-3-8-27-18(12)17(11-14)24-6-4-23-5-7-24/h1-3,8-11,23H,4-7H2. The van der Waals surface area contributed by atoms with Gasteiger partial charge in [0.1, 0.15) is 0 Å². The Balaban J connectivity index is 1.73. The lowest BCUT2D eigenvalue weighted by atomic mass is 10.1. The third-order valence-corrected chi connectivity index (χ3v) is 5.44. The minimum Gasteiger partial charge on any atom is -0.462 e. The van der Waals surface area contributed by atoms with Gasteiger partial charge in [-0.2, -0.15) is 0 Å². The number of nitrogens with zero attached hydrogens (tertiary/aromatic N) is 2. The van der Waals surface area contributed by atoms with E-state index in [1.54, 1.807) is 18.4 Å². The Morgan fingerprint density at radius 1 is 1.11 bits per heavy atom. The van der Waals surface area contributed by atoms with Crippen LogP contribution < -0.4 is 14.6 Å². The maximum atomic E-state index is 12.9. The molecule has 2 aromatic carbocycles. The number of hydrogen-bond donors (Lipinski definition) is 1. The molecule has 0 bridgehead atoms. The number of amides is 1. The third kappa shape index (κ3) is 3.60. The highest BCUT2D eigenvalue weighted by molar-refractivity contribution is 6.43. The van der Waals surface area contributed by atoms with Crippen LogP contribution in [0.25, 0.3) is 11.0 Å². The average Bonchev–Trinajstić information content (AvgIpc) is 3.15. The topological polar surface area (TPSA) is 48.7 Å². The summed E-state index contributed by atoms with van der Waals surface area (Å²) in [5.74, 6) is -0.424. The SMILES string of the molecule is O=C(c1ccc(Cl)cc1Cl)N(Cl)c1cc(N2CCNCC2)c2occc2c1. The molecule has 1 saturated heterocycles. The van der Waals surface area contributed by atoms with E-state index in [0.717, 1.165) is 47.3 Å². The first-order valence-corrected chi connectivity index (χ1v) is 9.56. The zero-order chi connectivity index (χ0) is 19.0. The van der Waals surface area contributed by atoms with Gasteiger partial charge in [-0.05, 0) is 36.4 Å². The van der Waals surface area contributed by atoms with Crippen molar-refractivity contribution in [3.63, 3.8) is 0 Å². The first-order chi connectivity index (χ1) is 13.0. The summed E-state index contributed by atoms with van der Waals surface area (Å²) >= 11 is 18.5. The van der Waals surface area contributed by atoms with Crippen molar-refractivity contribution in [2.45, 2.75) is 0 Å². The molecule has 0 saturated carbocycles. The molecule has 0 radical (unpaired) electrons. The minimum absolute atomic E-state index is 0.255. The number of halogens is 3. The number of benzene rings is 2. The summed E-state index contributed by atoms with van der Waals surface area (Å²) in [5.41, 5.74) is 2.53. The van der Waals surface area contributed by atoms with Crippen LogP contribution in [0.2, 0.25) is 10.0 Å². The van der Waals surface area contributed by atoms with E-state index in [0.29, 0.717) is 10.7 Å².